The Morgan fingerprint density at radius 3 is 2.76 bits per heavy atom. The lowest BCUT2D eigenvalue weighted by molar-refractivity contribution is 0.0936. The number of carbonyl (C=O) groups is 1. The summed E-state index contributed by atoms with van der Waals surface area (Å²) in [5.41, 5.74) is 11.7. The van der Waals surface area contributed by atoms with E-state index < -0.39 is 0 Å². The van der Waals surface area contributed by atoms with Crippen LogP contribution < -0.4 is 16.6 Å². The second-order valence-electron chi connectivity index (χ2n) is 9.98. The lowest BCUT2D eigenvalue weighted by Gasteiger charge is -2.16. The minimum atomic E-state index is -0.215. The Bertz CT molecular complexity index is 2010. The predicted molar refractivity (Wildman–Crippen MR) is 154 cm³/mol. The summed E-state index contributed by atoms with van der Waals surface area (Å²) >= 11 is 0. The van der Waals surface area contributed by atoms with Crippen molar-refractivity contribution in [3.05, 3.63) is 112 Å². The molecule has 11 nitrogen and oxygen atoms in total. The monoisotopic (exact) mass is 543 g/mol. The molecule has 0 aliphatic heterocycles. The van der Waals surface area contributed by atoms with Crippen LogP contribution in [0.2, 0.25) is 0 Å². The highest BCUT2D eigenvalue weighted by molar-refractivity contribution is 5.94. The van der Waals surface area contributed by atoms with Crippen molar-refractivity contribution in [1.29, 1.82) is 0 Å². The van der Waals surface area contributed by atoms with Crippen molar-refractivity contribution >= 4 is 22.9 Å². The fraction of sp³-hybridized carbons (Fsp3) is 0.133. The number of fused-ring (bicyclic) bond motifs is 2. The van der Waals surface area contributed by atoms with Gasteiger partial charge in [-0.05, 0) is 72.5 Å². The highest BCUT2D eigenvalue weighted by Crippen LogP contribution is 2.36. The normalized spacial score (nSPS) is 14.3. The van der Waals surface area contributed by atoms with Gasteiger partial charge in [0.1, 0.15) is 11.3 Å². The van der Waals surface area contributed by atoms with Crippen LogP contribution in [0.5, 0.6) is 0 Å². The molecule has 3 N–H and O–H groups in total. The Kier molecular flexibility index (Phi) is 5.70. The van der Waals surface area contributed by atoms with Crippen LogP contribution in [0.15, 0.2) is 90.2 Å². The van der Waals surface area contributed by atoms with Crippen molar-refractivity contribution in [3.63, 3.8) is 0 Å². The average molecular weight is 544 g/mol. The number of aryl methyl sites for hydroxylation is 2. The van der Waals surface area contributed by atoms with E-state index in [1.165, 1.54) is 10.6 Å². The molecule has 41 heavy (non-hydrogen) atoms. The Morgan fingerprint density at radius 1 is 1.05 bits per heavy atom. The Balaban J connectivity index is 1.30. The van der Waals surface area contributed by atoms with Gasteiger partial charge in [0.2, 0.25) is 5.56 Å². The van der Waals surface area contributed by atoms with Gasteiger partial charge in [-0.1, -0.05) is 6.07 Å². The van der Waals surface area contributed by atoms with Gasteiger partial charge in [0.15, 0.2) is 17.3 Å². The van der Waals surface area contributed by atoms with Crippen LogP contribution in [0.25, 0.3) is 34.1 Å². The largest absolute Gasteiger partial charge is 0.383 e. The average Bonchev–Trinajstić information content (AvgIpc) is 3.73. The topological polar surface area (TPSA) is 139 Å². The number of carbonyl (C=O) groups excluding carboxylic acids is 1. The first kappa shape index (κ1) is 24.5. The van der Waals surface area contributed by atoms with Crippen LogP contribution in [0.3, 0.4) is 0 Å². The first-order chi connectivity index (χ1) is 20.0. The van der Waals surface area contributed by atoms with E-state index in [0.29, 0.717) is 39.8 Å². The zero-order chi connectivity index (χ0) is 28.1. The Morgan fingerprint density at radius 2 is 1.95 bits per heavy atom. The first-order valence-electron chi connectivity index (χ1n) is 13.2. The van der Waals surface area contributed by atoms with E-state index >= 15 is 0 Å². The van der Waals surface area contributed by atoms with Crippen molar-refractivity contribution in [3.8, 4) is 22.9 Å². The number of nitrogens with two attached hydrogens (primary N) is 1. The third-order valence-corrected chi connectivity index (χ3v) is 7.42. The molecule has 7 rings (SSSR count). The summed E-state index contributed by atoms with van der Waals surface area (Å²) in [6.07, 6.45) is 8.32. The molecule has 0 saturated carbocycles. The molecule has 1 aliphatic carbocycles. The molecule has 0 bridgehead atoms. The number of nitrogens with zero attached hydrogens (tertiary/aromatic N) is 7. The van der Waals surface area contributed by atoms with Crippen LogP contribution in [0.4, 0.5) is 5.82 Å². The van der Waals surface area contributed by atoms with E-state index in [-0.39, 0.29) is 17.5 Å². The number of nitrogen functional groups attached to an aromatic ring is 1. The molecule has 1 atom stereocenters. The van der Waals surface area contributed by atoms with E-state index in [1.807, 2.05) is 53.2 Å². The minimum Gasteiger partial charge on any atom is -0.383 e. The summed E-state index contributed by atoms with van der Waals surface area (Å²) < 4.78 is 5.10. The molecule has 0 saturated heterocycles. The van der Waals surface area contributed by atoms with E-state index in [4.69, 9.17) is 15.7 Å². The molecule has 5 aromatic heterocycles. The molecule has 1 aliphatic rings. The lowest BCUT2D eigenvalue weighted by Crippen LogP contribution is -2.28. The van der Waals surface area contributed by atoms with Gasteiger partial charge in [-0.3, -0.25) is 14.2 Å². The number of amides is 1. The zero-order valence-electron chi connectivity index (χ0n) is 22.1. The third-order valence-electron chi connectivity index (χ3n) is 7.42. The van der Waals surface area contributed by atoms with E-state index in [9.17, 15) is 9.59 Å². The van der Waals surface area contributed by atoms with Gasteiger partial charge in [0, 0.05) is 43.6 Å². The highest BCUT2D eigenvalue weighted by Gasteiger charge is 2.26. The van der Waals surface area contributed by atoms with Crippen LogP contribution in [-0.2, 0) is 13.5 Å². The second-order valence-corrected chi connectivity index (χ2v) is 9.98. The van der Waals surface area contributed by atoms with Crippen molar-refractivity contribution in [2.45, 2.75) is 18.9 Å². The van der Waals surface area contributed by atoms with Gasteiger partial charge < -0.3 is 15.6 Å². The molecule has 0 radical (unpaired) electrons. The molecule has 0 spiro atoms. The Hall–Kier alpha value is -5.58. The molecule has 1 aromatic carbocycles. The summed E-state index contributed by atoms with van der Waals surface area (Å²) in [6, 6.07) is 18.4. The fourth-order valence-corrected chi connectivity index (χ4v) is 5.37. The molecule has 0 unspecified atom stereocenters. The number of imidazole rings is 1. The summed E-state index contributed by atoms with van der Waals surface area (Å²) in [5.74, 6) is 1.46. The standard InChI is InChI=1S/C30H25N9O2/c1-37-17-19(6-12-26(37)40)30(41)35-23-9-5-18-16-20(7-8-21(18)23)39-28(22-4-2-13-32-27(22)31)34-24-10-11-25(36-29(24)39)38-15-3-14-33-38/h2-4,6-8,10-17,23H,5,9H2,1H3,(H2,31,32)(H,35,41)/t23-/m0/s1. The van der Waals surface area contributed by atoms with Crippen molar-refractivity contribution in [2.24, 2.45) is 7.05 Å². The number of hydrogen-bond donors (Lipinski definition) is 2. The van der Waals surface area contributed by atoms with Gasteiger partial charge in [-0.15, -0.1) is 0 Å². The molecular weight excluding hydrogens is 518 g/mol. The van der Waals surface area contributed by atoms with Gasteiger partial charge in [-0.2, -0.15) is 5.10 Å². The molecule has 0 fully saturated rings. The van der Waals surface area contributed by atoms with Crippen LogP contribution >= 0.6 is 0 Å². The van der Waals surface area contributed by atoms with Crippen molar-refractivity contribution in [2.75, 3.05) is 5.73 Å². The summed E-state index contributed by atoms with van der Waals surface area (Å²) in [7, 11) is 1.63. The van der Waals surface area contributed by atoms with Crippen molar-refractivity contribution in [1.82, 2.24) is 39.2 Å². The number of anilines is 1. The maximum atomic E-state index is 13.0. The molecule has 11 heteroatoms. The van der Waals surface area contributed by atoms with Gasteiger partial charge in [0.05, 0.1) is 17.2 Å². The van der Waals surface area contributed by atoms with Crippen LogP contribution in [0, 0.1) is 0 Å². The smallest absolute Gasteiger partial charge is 0.253 e. The number of nitrogens with one attached hydrogen (secondary N) is 1. The number of aromatic nitrogens is 7. The second kappa shape index (κ2) is 9.56. The first-order valence-corrected chi connectivity index (χ1v) is 13.2. The van der Waals surface area contributed by atoms with Gasteiger partial charge >= 0.3 is 0 Å². The molecule has 5 heterocycles. The molecule has 202 valence electrons. The molecule has 1 amide bonds. The minimum absolute atomic E-state index is 0.138. The van der Waals surface area contributed by atoms with E-state index in [1.54, 1.807) is 36.4 Å². The maximum Gasteiger partial charge on any atom is 0.253 e. The van der Waals surface area contributed by atoms with Gasteiger partial charge in [-0.25, -0.2) is 19.6 Å². The van der Waals surface area contributed by atoms with E-state index in [2.05, 4.69) is 21.5 Å². The lowest BCUT2D eigenvalue weighted by atomic mass is 10.1. The SMILES string of the molecule is Cn1cc(C(=O)N[C@H]2CCc3cc(-n4c(-c5cccnc5N)nc5ccc(-n6cccn6)nc54)ccc32)ccc1=O. The number of pyridine rings is 3. The molecule has 6 aromatic rings. The third kappa shape index (κ3) is 4.24. The Labute approximate surface area is 233 Å². The number of rotatable bonds is 5. The quantitative estimate of drug-likeness (QED) is 0.340. The van der Waals surface area contributed by atoms with Gasteiger partial charge in [0.25, 0.3) is 5.91 Å². The summed E-state index contributed by atoms with van der Waals surface area (Å²) in [4.78, 5) is 38.8. The summed E-state index contributed by atoms with van der Waals surface area (Å²) in [6.45, 7) is 0. The number of hydrogen-bond acceptors (Lipinski definition) is 7. The maximum absolute atomic E-state index is 13.0. The van der Waals surface area contributed by atoms with Crippen LogP contribution in [-0.4, -0.2) is 39.8 Å². The van der Waals surface area contributed by atoms with E-state index in [0.717, 1.165) is 29.7 Å². The molecular formula is C30H25N9O2. The summed E-state index contributed by atoms with van der Waals surface area (Å²) in [5, 5.41) is 7.46. The number of benzene rings is 1. The predicted octanol–water partition coefficient (Wildman–Crippen LogP) is 3.37. The van der Waals surface area contributed by atoms with Crippen LogP contribution in [0.1, 0.15) is 33.9 Å². The zero-order valence-corrected chi connectivity index (χ0v) is 22.1. The fourth-order valence-electron chi connectivity index (χ4n) is 5.37. The van der Waals surface area contributed by atoms with Crippen molar-refractivity contribution < 1.29 is 4.79 Å². The highest BCUT2D eigenvalue weighted by atomic mass is 16.2.